The van der Waals surface area contributed by atoms with Crippen LogP contribution in [0.15, 0.2) is 0 Å². The van der Waals surface area contributed by atoms with E-state index in [9.17, 15) is 0 Å². The summed E-state index contributed by atoms with van der Waals surface area (Å²) in [6, 6.07) is 0. The smallest absolute Gasteiger partial charge is 0.449 e. The fourth-order valence-corrected chi connectivity index (χ4v) is 29.4. The Morgan fingerprint density at radius 3 is 0.762 bits per heavy atom. The van der Waals surface area contributed by atoms with Crippen molar-refractivity contribution >= 4 is 32.3 Å². The van der Waals surface area contributed by atoms with Crippen molar-refractivity contribution in [2.75, 3.05) is 42.7 Å². The zero-order valence-electron chi connectivity index (χ0n) is 14.9. The lowest BCUT2D eigenvalue weighted by molar-refractivity contribution is 0.134. The molecule has 0 amide bonds. The highest BCUT2D eigenvalue weighted by atomic mass is 29.3. The molecule has 0 radical (unpaired) electrons. The first-order valence-corrected chi connectivity index (χ1v) is 17.8. The number of hydrogen-bond acceptors (Lipinski definition) is 7. The molecule has 0 aliphatic rings. The van der Waals surface area contributed by atoms with Crippen LogP contribution in [0.25, 0.3) is 0 Å². The third kappa shape index (κ3) is 3.92. The Bertz CT molecular complexity index is 272. The second kappa shape index (κ2) is 7.92. The van der Waals surface area contributed by atoms with Gasteiger partial charge in [0.05, 0.1) is 0 Å². The summed E-state index contributed by atoms with van der Waals surface area (Å²) in [5.41, 5.74) is 0. The lowest BCUT2D eigenvalue weighted by Crippen LogP contribution is -2.75. The Morgan fingerprint density at radius 1 is 0.429 bits per heavy atom. The summed E-state index contributed by atoms with van der Waals surface area (Å²) in [7, 11) is -1.05. The molecule has 21 heavy (non-hydrogen) atoms. The summed E-state index contributed by atoms with van der Waals surface area (Å²) in [5.74, 6) is 0. The molecule has 0 aliphatic carbocycles. The lowest BCUT2D eigenvalue weighted by atomic mass is 11.8. The topological polar surface area (TPSA) is 64.6 Å². The Hall–Kier alpha value is 0.588. The maximum absolute atomic E-state index is 6.55. The van der Waals surface area contributed by atoms with E-state index < -0.39 is 32.3 Å². The summed E-state index contributed by atoms with van der Waals surface area (Å²) in [4.78, 5) is 0. The zero-order valence-corrected chi connectivity index (χ0v) is 18.9. The molecular weight excluding hydrogens is 344 g/mol. The first kappa shape index (κ1) is 21.6. The van der Waals surface area contributed by atoms with Crippen molar-refractivity contribution in [1.29, 1.82) is 0 Å². The first-order valence-electron chi connectivity index (χ1n) is 6.58. The number of rotatable bonds is 10. The van der Waals surface area contributed by atoms with Crippen LogP contribution in [0, 0.1) is 0 Å². The van der Waals surface area contributed by atoms with Gasteiger partial charge in [0.25, 0.3) is 15.7 Å². The monoisotopic (exact) mass is 374 g/mol. The molecule has 0 aromatic rings. The van der Waals surface area contributed by atoms with Crippen LogP contribution in [0.5, 0.6) is 0 Å². The molecule has 0 rings (SSSR count). The molecular formula is C10H30O7Si4. The van der Waals surface area contributed by atoms with Gasteiger partial charge in [-0.05, 0) is 26.2 Å². The van der Waals surface area contributed by atoms with E-state index in [1.54, 1.807) is 42.7 Å². The standard InChI is InChI=1S/C10H30O7Si4/c1-11-20(12-2,13-3)18(7,8)17-19(9,10)21(14-4,15-5)16-6/h1-10H3. The van der Waals surface area contributed by atoms with Crippen molar-refractivity contribution in [3.05, 3.63) is 0 Å². The molecule has 0 aromatic carbocycles. The lowest BCUT2D eigenvalue weighted by Gasteiger charge is -2.44. The van der Waals surface area contributed by atoms with Crippen LogP contribution < -0.4 is 0 Å². The normalized spacial score (nSPS) is 14.6. The van der Waals surface area contributed by atoms with Gasteiger partial charge in [0.15, 0.2) is 0 Å². The van der Waals surface area contributed by atoms with E-state index >= 15 is 0 Å². The van der Waals surface area contributed by atoms with Gasteiger partial charge in [-0.15, -0.1) is 0 Å². The molecule has 0 saturated heterocycles. The van der Waals surface area contributed by atoms with Gasteiger partial charge < -0.3 is 30.7 Å². The van der Waals surface area contributed by atoms with E-state index in [-0.39, 0.29) is 0 Å². The van der Waals surface area contributed by atoms with Crippen LogP contribution in [-0.4, -0.2) is 75.0 Å². The van der Waals surface area contributed by atoms with Gasteiger partial charge in [-0.1, -0.05) is 0 Å². The van der Waals surface area contributed by atoms with Crippen LogP contribution in [-0.2, 0) is 30.7 Å². The highest BCUT2D eigenvalue weighted by molar-refractivity contribution is 7.39. The molecule has 0 unspecified atom stereocenters. The maximum atomic E-state index is 6.55. The average molecular weight is 375 g/mol. The Balaban J connectivity index is 5.59. The van der Waals surface area contributed by atoms with E-state index in [1.165, 1.54) is 0 Å². The van der Waals surface area contributed by atoms with E-state index in [4.69, 9.17) is 30.7 Å². The molecule has 0 atom stereocenters. The van der Waals surface area contributed by atoms with Gasteiger partial charge in [0.2, 0.25) is 0 Å². The second-order valence-electron chi connectivity index (χ2n) is 5.46. The second-order valence-corrected chi connectivity index (χ2v) is 27.9. The third-order valence-electron chi connectivity index (χ3n) is 3.60. The van der Waals surface area contributed by atoms with Crippen LogP contribution in [0.4, 0.5) is 0 Å². The highest BCUT2D eigenvalue weighted by Gasteiger charge is 2.66. The molecule has 0 saturated carbocycles. The van der Waals surface area contributed by atoms with Gasteiger partial charge in [0, 0.05) is 42.7 Å². The fourth-order valence-electron chi connectivity index (χ4n) is 2.74. The van der Waals surface area contributed by atoms with Crippen molar-refractivity contribution in [1.82, 2.24) is 0 Å². The molecule has 11 heteroatoms. The van der Waals surface area contributed by atoms with Crippen molar-refractivity contribution in [2.45, 2.75) is 26.2 Å². The summed E-state index contributed by atoms with van der Waals surface area (Å²) >= 11 is 0. The molecule has 128 valence electrons. The van der Waals surface area contributed by atoms with Gasteiger partial charge in [-0.25, -0.2) is 0 Å². The predicted molar refractivity (Wildman–Crippen MR) is 89.6 cm³/mol. The Labute approximate surface area is 132 Å². The zero-order chi connectivity index (χ0) is 16.9. The molecule has 0 fully saturated rings. The van der Waals surface area contributed by atoms with Crippen LogP contribution in [0.2, 0.25) is 26.2 Å². The SMILES string of the molecule is CO[Si](OC)(OC)[Si](C)(C)O[Si](C)(C)[Si](OC)(OC)OC. The quantitative estimate of drug-likeness (QED) is 0.534. The summed E-state index contributed by atoms with van der Waals surface area (Å²) in [6.07, 6.45) is 0. The first-order chi connectivity index (χ1) is 9.57. The molecule has 0 N–H and O–H groups in total. The van der Waals surface area contributed by atoms with E-state index in [0.29, 0.717) is 0 Å². The Kier molecular flexibility index (Phi) is 8.14. The van der Waals surface area contributed by atoms with Crippen molar-refractivity contribution in [2.24, 2.45) is 0 Å². The summed E-state index contributed by atoms with van der Waals surface area (Å²) in [6.45, 7) is 8.13. The van der Waals surface area contributed by atoms with Gasteiger partial charge >= 0.3 is 16.6 Å². The average Bonchev–Trinajstić information content (AvgIpc) is 2.42. The van der Waals surface area contributed by atoms with E-state index in [2.05, 4.69) is 0 Å². The van der Waals surface area contributed by atoms with Crippen LogP contribution in [0.1, 0.15) is 0 Å². The maximum Gasteiger partial charge on any atom is 0.501 e. The largest absolute Gasteiger partial charge is 0.501 e. The van der Waals surface area contributed by atoms with E-state index in [0.717, 1.165) is 0 Å². The van der Waals surface area contributed by atoms with Crippen molar-refractivity contribution in [3.8, 4) is 0 Å². The Morgan fingerprint density at radius 2 is 0.619 bits per heavy atom. The number of hydrogen-bond donors (Lipinski definition) is 0. The highest BCUT2D eigenvalue weighted by Crippen LogP contribution is 2.31. The van der Waals surface area contributed by atoms with Gasteiger partial charge in [0.1, 0.15) is 0 Å². The minimum absolute atomic E-state index is 1.60. The molecule has 7 nitrogen and oxygen atoms in total. The summed E-state index contributed by atoms with van der Waals surface area (Å²) < 4.78 is 40.2. The van der Waals surface area contributed by atoms with Crippen molar-refractivity contribution in [3.63, 3.8) is 0 Å². The minimum atomic E-state index is -2.86. The van der Waals surface area contributed by atoms with Crippen molar-refractivity contribution < 1.29 is 30.7 Å². The fraction of sp³-hybridized carbons (Fsp3) is 1.00. The van der Waals surface area contributed by atoms with Gasteiger partial charge in [-0.2, -0.15) is 0 Å². The predicted octanol–water partition coefficient (Wildman–Crippen LogP) is 1.33. The van der Waals surface area contributed by atoms with Crippen LogP contribution >= 0.6 is 0 Å². The molecule has 0 bridgehead atoms. The minimum Gasteiger partial charge on any atom is -0.449 e. The summed E-state index contributed by atoms with van der Waals surface area (Å²) in [5, 5.41) is 0. The third-order valence-corrected chi connectivity index (χ3v) is 28.2. The molecule has 0 spiro atoms. The van der Waals surface area contributed by atoms with Gasteiger partial charge in [-0.3, -0.25) is 0 Å². The molecule has 0 aromatic heterocycles. The van der Waals surface area contributed by atoms with Crippen LogP contribution in [0.3, 0.4) is 0 Å². The molecule has 0 aliphatic heterocycles. The molecule has 0 heterocycles. The van der Waals surface area contributed by atoms with E-state index in [1.807, 2.05) is 26.2 Å².